The predicted molar refractivity (Wildman–Crippen MR) is 52.5 cm³/mol. The van der Waals surface area contributed by atoms with Gasteiger partial charge in [0.15, 0.2) is 0 Å². The molecule has 5 heteroatoms. The van der Waals surface area contributed by atoms with E-state index < -0.39 is 5.97 Å². The van der Waals surface area contributed by atoms with Crippen LogP contribution in [0.4, 0.5) is 0 Å². The van der Waals surface area contributed by atoms with E-state index in [9.17, 15) is 4.79 Å². The van der Waals surface area contributed by atoms with Crippen molar-refractivity contribution >= 4 is 5.97 Å². The maximum atomic E-state index is 10.6. The molecule has 15 heavy (non-hydrogen) atoms. The summed E-state index contributed by atoms with van der Waals surface area (Å²) >= 11 is 0. The summed E-state index contributed by atoms with van der Waals surface area (Å²) in [6, 6.07) is 6.73. The molecule has 2 aromatic rings. The average molecular weight is 203 g/mol. The van der Waals surface area contributed by atoms with Gasteiger partial charge in [0, 0.05) is 6.54 Å². The van der Waals surface area contributed by atoms with Crippen LogP contribution in [0.5, 0.6) is 0 Å². The predicted octanol–water partition coefficient (Wildman–Crippen LogP) is 1.02. The Morgan fingerprint density at radius 1 is 1.20 bits per heavy atom. The molecule has 0 bridgehead atoms. The van der Waals surface area contributed by atoms with Gasteiger partial charge in [0.2, 0.25) is 0 Å². The number of hydrogen-bond acceptors (Lipinski definition) is 3. The lowest BCUT2D eigenvalue weighted by Crippen LogP contribution is -1.99. The normalized spacial score (nSPS) is 10.1. The van der Waals surface area contributed by atoms with Crippen LogP contribution in [0.15, 0.2) is 36.9 Å². The number of rotatable bonds is 3. The lowest BCUT2D eigenvalue weighted by molar-refractivity contribution is 0.0697. The molecule has 0 atom stereocenters. The summed E-state index contributed by atoms with van der Waals surface area (Å²) in [4.78, 5) is 10.6. The van der Waals surface area contributed by atoms with E-state index in [1.807, 2.05) is 4.57 Å². The molecule has 1 N–H and O–H groups in total. The third-order valence-electron chi connectivity index (χ3n) is 2.03. The van der Waals surface area contributed by atoms with Crippen LogP contribution < -0.4 is 0 Å². The zero-order valence-electron chi connectivity index (χ0n) is 7.87. The Morgan fingerprint density at radius 3 is 2.33 bits per heavy atom. The van der Waals surface area contributed by atoms with E-state index in [1.54, 1.807) is 36.9 Å². The van der Waals surface area contributed by atoms with Crippen molar-refractivity contribution in [3.8, 4) is 0 Å². The van der Waals surface area contributed by atoms with Crippen LogP contribution in [0.1, 0.15) is 15.9 Å². The highest BCUT2D eigenvalue weighted by Gasteiger charge is 2.01. The Hall–Kier alpha value is -2.17. The first kappa shape index (κ1) is 9.39. The maximum Gasteiger partial charge on any atom is 0.335 e. The van der Waals surface area contributed by atoms with E-state index in [0.717, 1.165) is 5.56 Å². The van der Waals surface area contributed by atoms with E-state index in [4.69, 9.17) is 5.11 Å². The molecular weight excluding hydrogens is 194 g/mol. The molecule has 76 valence electrons. The van der Waals surface area contributed by atoms with Gasteiger partial charge >= 0.3 is 5.97 Å². The van der Waals surface area contributed by atoms with Crippen LogP contribution in [0.25, 0.3) is 0 Å². The minimum Gasteiger partial charge on any atom is -0.478 e. The molecule has 0 amide bonds. The Bertz CT molecular complexity index is 448. The zero-order valence-corrected chi connectivity index (χ0v) is 7.87. The lowest BCUT2D eigenvalue weighted by Gasteiger charge is -2.01. The molecule has 2 rings (SSSR count). The second-order valence-corrected chi connectivity index (χ2v) is 3.14. The van der Waals surface area contributed by atoms with Crippen molar-refractivity contribution in [2.24, 2.45) is 0 Å². The summed E-state index contributed by atoms with van der Waals surface area (Å²) in [6.07, 6.45) is 3.23. The van der Waals surface area contributed by atoms with Gasteiger partial charge in [-0.25, -0.2) is 4.79 Å². The van der Waals surface area contributed by atoms with Gasteiger partial charge in [0.05, 0.1) is 5.56 Å². The van der Waals surface area contributed by atoms with Crippen molar-refractivity contribution in [3.63, 3.8) is 0 Å². The third kappa shape index (κ3) is 2.19. The molecule has 0 aliphatic carbocycles. The molecule has 0 radical (unpaired) electrons. The fourth-order valence-electron chi connectivity index (χ4n) is 1.27. The highest BCUT2D eigenvalue weighted by molar-refractivity contribution is 5.87. The summed E-state index contributed by atoms with van der Waals surface area (Å²) in [7, 11) is 0. The minimum absolute atomic E-state index is 0.294. The molecule has 0 saturated heterocycles. The summed E-state index contributed by atoms with van der Waals surface area (Å²) in [5.41, 5.74) is 1.31. The van der Waals surface area contributed by atoms with Gasteiger partial charge < -0.3 is 9.67 Å². The molecule has 0 aliphatic heterocycles. The summed E-state index contributed by atoms with van der Waals surface area (Å²) < 4.78 is 1.82. The molecule has 1 aromatic heterocycles. The van der Waals surface area contributed by atoms with Gasteiger partial charge in [-0.3, -0.25) is 0 Å². The largest absolute Gasteiger partial charge is 0.478 e. The van der Waals surface area contributed by atoms with Crippen molar-refractivity contribution in [3.05, 3.63) is 48.0 Å². The quantitative estimate of drug-likeness (QED) is 0.808. The second-order valence-electron chi connectivity index (χ2n) is 3.14. The molecule has 1 heterocycles. The average Bonchev–Trinajstić information content (AvgIpc) is 2.71. The highest BCUT2D eigenvalue weighted by Crippen LogP contribution is 2.05. The molecule has 1 aromatic carbocycles. The van der Waals surface area contributed by atoms with Crippen LogP contribution in [0.3, 0.4) is 0 Å². The molecule has 0 fully saturated rings. The molecule has 0 aliphatic rings. The van der Waals surface area contributed by atoms with Crippen LogP contribution in [0, 0.1) is 0 Å². The first-order valence-electron chi connectivity index (χ1n) is 4.40. The van der Waals surface area contributed by atoms with Gasteiger partial charge in [-0.15, -0.1) is 10.2 Å². The van der Waals surface area contributed by atoms with Crippen molar-refractivity contribution in [1.29, 1.82) is 0 Å². The van der Waals surface area contributed by atoms with Crippen LogP contribution in [0.2, 0.25) is 0 Å². The number of carbonyl (C=O) groups is 1. The van der Waals surface area contributed by atoms with Crippen LogP contribution in [-0.4, -0.2) is 25.8 Å². The van der Waals surface area contributed by atoms with Gasteiger partial charge in [0.1, 0.15) is 12.7 Å². The van der Waals surface area contributed by atoms with Crippen LogP contribution in [-0.2, 0) is 6.54 Å². The summed E-state index contributed by atoms with van der Waals surface area (Å²) in [5.74, 6) is -0.911. The Balaban J connectivity index is 2.14. The molecule has 5 nitrogen and oxygen atoms in total. The van der Waals surface area contributed by atoms with Crippen molar-refractivity contribution in [1.82, 2.24) is 14.8 Å². The zero-order chi connectivity index (χ0) is 10.7. The highest BCUT2D eigenvalue weighted by atomic mass is 16.4. The molecule has 0 spiro atoms. The van der Waals surface area contributed by atoms with E-state index in [2.05, 4.69) is 10.2 Å². The maximum absolute atomic E-state index is 10.6. The van der Waals surface area contributed by atoms with Gasteiger partial charge in [-0.2, -0.15) is 0 Å². The summed E-state index contributed by atoms with van der Waals surface area (Å²) in [5, 5.41) is 16.1. The number of nitrogens with zero attached hydrogens (tertiary/aromatic N) is 3. The van der Waals surface area contributed by atoms with Crippen molar-refractivity contribution in [2.75, 3.05) is 0 Å². The van der Waals surface area contributed by atoms with Gasteiger partial charge in [0.25, 0.3) is 0 Å². The van der Waals surface area contributed by atoms with Gasteiger partial charge in [-0.05, 0) is 17.7 Å². The van der Waals surface area contributed by atoms with Gasteiger partial charge in [-0.1, -0.05) is 12.1 Å². The number of aromatic carboxylic acids is 1. The Labute approximate surface area is 86.0 Å². The topological polar surface area (TPSA) is 68.0 Å². The van der Waals surface area contributed by atoms with E-state index >= 15 is 0 Å². The number of benzene rings is 1. The van der Waals surface area contributed by atoms with E-state index in [0.29, 0.717) is 12.1 Å². The minimum atomic E-state index is -0.911. The first-order valence-corrected chi connectivity index (χ1v) is 4.40. The standard InChI is InChI=1S/C10H9N3O2/c14-10(15)9-3-1-8(2-4-9)5-13-6-11-12-7-13/h1-4,6-7H,5H2,(H,14,15). The number of hydrogen-bond donors (Lipinski definition) is 1. The summed E-state index contributed by atoms with van der Waals surface area (Å²) in [6.45, 7) is 0.646. The monoisotopic (exact) mass is 203 g/mol. The number of carboxylic acids is 1. The molecule has 0 unspecified atom stereocenters. The number of carboxylic acid groups (broad SMARTS) is 1. The SMILES string of the molecule is O=C(O)c1ccc(Cn2cnnc2)cc1. The van der Waals surface area contributed by atoms with Crippen LogP contribution >= 0.6 is 0 Å². The van der Waals surface area contributed by atoms with E-state index in [1.165, 1.54) is 0 Å². The smallest absolute Gasteiger partial charge is 0.335 e. The Kier molecular flexibility index (Phi) is 2.45. The Morgan fingerprint density at radius 2 is 1.80 bits per heavy atom. The fourth-order valence-corrected chi connectivity index (χ4v) is 1.27. The molecular formula is C10H9N3O2. The number of aromatic nitrogens is 3. The molecule has 0 saturated carbocycles. The van der Waals surface area contributed by atoms with E-state index in [-0.39, 0.29) is 0 Å². The van der Waals surface area contributed by atoms with Crippen molar-refractivity contribution < 1.29 is 9.90 Å². The van der Waals surface area contributed by atoms with Crippen molar-refractivity contribution in [2.45, 2.75) is 6.54 Å². The third-order valence-corrected chi connectivity index (χ3v) is 2.03. The second kappa shape index (κ2) is 3.91. The lowest BCUT2D eigenvalue weighted by atomic mass is 10.1. The fraction of sp³-hybridized carbons (Fsp3) is 0.100. The first-order chi connectivity index (χ1) is 7.25.